The lowest BCUT2D eigenvalue weighted by Crippen LogP contribution is -2.41. The summed E-state index contributed by atoms with van der Waals surface area (Å²) < 4.78 is 2.17. The summed E-state index contributed by atoms with van der Waals surface area (Å²) in [5.74, 6) is 1.41. The first-order valence-electron chi connectivity index (χ1n) is 13.7. The molecule has 5 rings (SSSR count). The van der Waals surface area contributed by atoms with Gasteiger partial charge in [-0.25, -0.2) is 0 Å². The van der Waals surface area contributed by atoms with E-state index >= 15 is 0 Å². The summed E-state index contributed by atoms with van der Waals surface area (Å²) in [5, 5.41) is 13.6. The van der Waals surface area contributed by atoms with Crippen LogP contribution in [-0.2, 0) is 37.0 Å². The third-order valence-electron chi connectivity index (χ3n) is 7.25. The van der Waals surface area contributed by atoms with Crippen molar-refractivity contribution in [3.05, 3.63) is 119 Å². The minimum Gasteiger partial charge on any atom is -0.361 e. The Kier molecular flexibility index (Phi) is 8.18. The number of nitrogens with two attached hydrogens (primary N) is 1. The van der Waals surface area contributed by atoms with Gasteiger partial charge in [0.15, 0.2) is 5.82 Å². The van der Waals surface area contributed by atoms with Gasteiger partial charge in [0.2, 0.25) is 5.91 Å². The number of amides is 1. The molecule has 2 aromatic heterocycles. The smallest absolute Gasteiger partial charge is 0.237 e. The Hall–Kier alpha value is -4.23. The molecule has 0 fully saturated rings. The number of fused-ring (bicyclic) bond motifs is 1. The number of hydrogen-bond donors (Lipinski definition) is 3. The number of para-hydroxylation sites is 1. The summed E-state index contributed by atoms with van der Waals surface area (Å²) in [5.41, 5.74) is 11.9. The molecule has 0 aliphatic carbocycles. The van der Waals surface area contributed by atoms with E-state index in [9.17, 15) is 4.79 Å². The number of rotatable bonds is 11. The Labute approximate surface area is 229 Å². The second-order valence-electron chi connectivity index (χ2n) is 10.1. The molecule has 2 atom stereocenters. The molecule has 3 aromatic carbocycles. The number of hydrogen-bond acceptors (Lipinski definition) is 4. The molecule has 0 bridgehead atoms. The van der Waals surface area contributed by atoms with Crippen LogP contribution in [0.4, 0.5) is 0 Å². The second kappa shape index (κ2) is 12.1. The van der Waals surface area contributed by atoms with E-state index < -0.39 is 12.1 Å². The van der Waals surface area contributed by atoms with E-state index in [4.69, 9.17) is 5.73 Å². The van der Waals surface area contributed by atoms with Crippen LogP contribution in [0.2, 0.25) is 0 Å². The minimum absolute atomic E-state index is 0.215. The highest BCUT2D eigenvalue weighted by Gasteiger charge is 2.26. The van der Waals surface area contributed by atoms with Gasteiger partial charge in [-0.2, -0.15) is 0 Å². The SMILES string of the molecule is CCc1ccc(Cn2c(CCc3ccccc3)nnc2C(Cc2c[nH]c3ccccc23)NC(=O)C(C)N)cc1. The fourth-order valence-electron chi connectivity index (χ4n) is 4.96. The molecular formula is C32H36N6O. The molecule has 0 radical (unpaired) electrons. The lowest BCUT2D eigenvalue weighted by Gasteiger charge is -2.21. The number of benzene rings is 3. The fourth-order valence-corrected chi connectivity index (χ4v) is 4.96. The maximum absolute atomic E-state index is 12.9. The van der Waals surface area contributed by atoms with Crippen molar-refractivity contribution in [2.75, 3.05) is 0 Å². The normalized spacial score (nSPS) is 12.9. The van der Waals surface area contributed by atoms with Gasteiger partial charge in [-0.1, -0.05) is 79.7 Å². The van der Waals surface area contributed by atoms with E-state index in [-0.39, 0.29) is 5.91 Å². The van der Waals surface area contributed by atoms with E-state index in [1.165, 1.54) is 16.7 Å². The Balaban J connectivity index is 1.52. The van der Waals surface area contributed by atoms with Crippen LogP contribution in [0.15, 0.2) is 85.1 Å². The fraction of sp³-hybridized carbons (Fsp3) is 0.281. The van der Waals surface area contributed by atoms with E-state index in [2.05, 4.69) is 92.7 Å². The first-order chi connectivity index (χ1) is 19.0. The third kappa shape index (κ3) is 6.26. The number of nitrogens with zero attached hydrogens (tertiary/aromatic N) is 3. The van der Waals surface area contributed by atoms with Crippen molar-refractivity contribution >= 4 is 16.8 Å². The monoisotopic (exact) mass is 520 g/mol. The van der Waals surface area contributed by atoms with E-state index in [1.807, 2.05) is 24.4 Å². The summed E-state index contributed by atoms with van der Waals surface area (Å²) in [6, 6.07) is 26.2. The number of aromatic nitrogens is 4. The molecule has 0 aliphatic heterocycles. The van der Waals surface area contributed by atoms with Crippen LogP contribution in [0.5, 0.6) is 0 Å². The van der Waals surface area contributed by atoms with Gasteiger partial charge in [0, 0.05) is 29.9 Å². The van der Waals surface area contributed by atoms with Gasteiger partial charge in [-0.15, -0.1) is 10.2 Å². The van der Waals surface area contributed by atoms with Crippen molar-refractivity contribution in [2.45, 2.75) is 58.2 Å². The molecule has 2 unspecified atom stereocenters. The van der Waals surface area contributed by atoms with Crippen molar-refractivity contribution in [1.82, 2.24) is 25.1 Å². The lowest BCUT2D eigenvalue weighted by molar-refractivity contribution is -0.122. The molecule has 200 valence electrons. The van der Waals surface area contributed by atoms with Gasteiger partial charge < -0.3 is 20.6 Å². The predicted molar refractivity (Wildman–Crippen MR) is 155 cm³/mol. The van der Waals surface area contributed by atoms with Crippen molar-refractivity contribution in [1.29, 1.82) is 0 Å². The first-order valence-corrected chi connectivity index (χ1v) is 13.7. The highest BCUT2D eigenvalue weighted by atomic mass is 16.2. The predicted octanol–water partition coefficient (Wildman–Crippen LogP) is 4.90. The van der Waals surface area contributed by atoms with Crippen molar-refractivity contribution in [3.63, 3.8) is 0 Å². The second-order valence-corrected chi connectivity index (χ2v) is 10.1. The van der Waals surface area contributed by atoms with Crippen LogP contribution in [0.1, 0.15) is 53.8 Å². The van der Waals surface area contributed by atoms with Gasteiger partial charge in [-0.05, 0) is 48.1 Å². The molecule has 5 aromatic rings. The summed E-state index contributed by atoms with van der Waals surface area (Å²) in [4.78, 5) is 16.2. The molecule has 7 nitrogen and oxygen atoms in total. The van der Waals surface area contributed by atoms with Crippen molar-refractivity contribution < 1.29 is 4.79 Å². The highest BCUT2D eigenvalue weighted by Crippen LogP contribution is 2.25. The van der Waals surface area contributed by atoms with Crippen LogP contribution in [0, 0.1) is 0 Å². The van der Waals surface area contributed by atoms with Gasteiger partial charge in [0.05, 0.1) is 18.6 Å². The molecule has 0 saturated carbocycles. The van der Waals surface area contributed by atoms with Gasteiger partial charge in [0.25, 0.3) is 0 Å². The number of H-pyrrole nitrogens is 1. The Morgan fingerprint density at radius 3 is 2.38 bits per heavy atom. The zero-order chi connectivity index (χ0) is 27.2. The number of nitrogens with one attached hydrogen (secondary N) is 2. The van der Waals surface area contributed by atoms with Crippen LogP contribution in [-0.4, -0.2) is 31.7 Å². The number of carbonyl (C=O) groups excluding carboxylic acids is 1. The Bertz CT molecular complexity index is 1520. The molecule has 1 amide bonds. The molecule has 0 saturated heterocycles. The lowest BCUT2D eigenvalue weighted by atomic mass is 10.0. The molecule has 7 heteroatoms. The van der Waals surface area contributed by atoms with Gasteiger partial charge >= 0.3 is 0 Å². The Morgan fingerprint density at radius 1 is 0.923 bits per heavy atom. The topological polar surface area (TPSA) is 102 Å². The van der Waals surface area contributed by atoms with Gasteiger partial charge in [0.1, 0.15) is 5.82 Å². The molecule has 4 N–H and O–H groups in total. The zero-order valence-corrected chi connectivity index (χ0v) is 22.6. The van der Waals surface area contributed by atoms with Crippen LogP contribution < -0.4 is 11.1 Å². The largest absolute Gasteiger partial charge is 0.361 e. The molecular weight excluding hydrogens is 484 g/mol. The molecule has 2 heterocycles. The number of aryl methyl sites for hydroxylation is 3. The quantitative estimate of drug-likeness (QED) is 0.230. The highest BCUT2D eigenvalue weighted by molar-refractivity contribution is 5.84. The van der Waals surface area contributed by atoms with Crippen LogP contribution in [0.3, 0.4) is 0 Å². The number of aromatic amines is 1. The zero-order valence-electron chi connectivity index (χ0n) is 22.6. The van der Waals surface area contributed by atoms with Crippen LogP contribution >= 0.6 is 0 Å². The van der Waals surface area contributed by atoms with Gasteiger partial charge in [-0.3, -0.25) is 4.79 Å². The van der Waals surface area contributed by atoms with E-state index in [1.54, 1.807) is 6.92 Å². The minimum atomic E-state index is -0.633. The standard InChI is InChI=1S/C32H36N6O/c1-3-23-13-15-25(16-14-23)21-38-30(18-17-24-9-5-4-6-10-24)36-37-31(38)29(35-32(39)22(2)33)19-26-20-34-28-12-8-7-11-27(26)28/h4-16,20,22,29,34H,3,17-19,21,33H2,1-2H3,(H,35,39). The molecule has 0 spiro atoms. The summed E-state index contributed by atoms with van der Waals surface area (Å²) in [6.45, 7) is 4.48. The number of carbonyl (C=O) groups is 1. The average molecular weight is 521 g/mol. The van der Waals surface area contributed by atoms with E-state index in [0.29, 0.717) is 13.0 Å². The molecule has 0 aliphatic rings. The maximum atomic E-state index is 12.9. The average Bonchev–Trinajstić information content (AvgIpc) is 3.56. The Morgan fingerprint density at radius 2 is 1.64 bits per heavy atom. The molecule has 39 heavy (non-hydrogen) atoms. The first kappa shape index (κ1) is 26.4. The van der Waals surface area contributed by atoms with Crippen LogP contribution in [0.25, 0.3) is 10.9 Å². The van der Waals surface area contributed by atoms with Crippen molar-refractivity contribution in [3.8, 4) is 0 Å². The summed E-state index contributed by atoms with van der Waals surface area (Å²) in [6.07, 6.45) is 5.17. The van der Waals surface area contributed by atoms with Crippen molar-refractivity contribution in [2.24, 2.45) is 5.73 Å². The summed E-state index contributed by atoms with van der Waals surface area (Å²) >= 11 is 0. The van der Waals surface area contributed by atoms with E-state index in [0.717, 1.165) is 47.4 Å². The maximum Gasteiger partial charge on any atom is 0.237 e. The third-order valence-corrected chi connectivity index (χ3v) is 7.25. The summed E-state index contributed by atoms with van der Waals surface area (Å²) in [7, 11) is 0.